The summed E-state index contributed by atoms with van der Waals surface area (Å²) in [5, 5.41) is 10.8. The maximum atomic E-state index is 11.9. The van der Waals surface area contributed by atoms with Crippen LogP contribution < -0.4 is 0 Å². The second-order valence-corrected chi connectivity index (χ2v) is 4.46. The van der Waals surface area contributed by atoms with Crippen LogP contribution in [0.1, 0.15) is 38.2 Å². The molecule has 2 rings (SSSR count). The van der Waals surface area contributed by atoms with E-state index in [1.54, 1.807) is 12.1 Å². The van der Waals surface area contributed by atoms with Gasteiger partial charge in [-0.25, -0.2) is 0 Å². The fourth-order valence-electron chi connectivity index (χ4n) is 2.40. The van der Waals surface area contributed by atoms with Crippen molar-refractivity contribution in [3.8, 4) is 0 Å². The van der Waals surface area contributed by atoms with Crippen LogP contribution in [0.2, 0.25) is 0 Å². The largest absolute Gasteiger partial charge is 0.294 e. The summed E-state index contributed by atoms with van der Waals surface area (Å²) in [6, 6.07) is 6.36. The predicted molar refractivity (Wildman–Crippen MR) is 69.2 cm³/mol. The zero-order valence-corrected chi connectivity index (χ0v) is 10.3. The molecule has 18 heavy (non-hydrogen) atoms. The van der Waals surface area contributed by atoms with Crippen LogP contribution in [-0.2, 0) is 4.79 Å². The van der Waals surface area contributed by atoms with Crippen molar-refractivity contribution in [2.24, 2.45) is 0 Å². The van der Waals surface area contributed by atoms with Gasteiger partial charge in [-0.3, -0.25) is 14.9 Å². The Morgan fingerprint density at radius 3 is 2.78 bits per heavy atom. The van der Waals surface area contributed by atoms with E-state index < -0.39 is 4.92 Å². The molecule has 0 amide bonds. The predicted octanol–water partition coefficient (Wildman–Crippen LogP) is 3.51. The summed E-state index contributed by atoms with van der Waals surface area (Å²) in [7, 11) is 0. The van der Waals surface area contributed by atoms with Crippen molar-refractivity contribution < 1.29 is 9.72 Å². The molecule has 1 aliphatic rings. The molecule has 0 fully saturated rings. The third-order valence-corrected chi connectivity index (χ3v) is 3.18. The lowest BCUT2D eigenvalue weighted by Crippen LogP contribution is -1.97. The maximum absolute atomic E-state index is 11.9. The van der Waals surface area contributed by atoms with E-state index in [4.69, 9.17) is 0 Å². The summed E-state index contributed by atoms with van der Waals surface area (Å²) in [5.74, 6) is 0.110. The monoisotopic (exact) mass is 245 g/mol. The zero-order chi connectivity index (χ0) is 13.1. The van der Waals surface area contributed by atoms with Crippen LogP contribution in [0, 0.1) is 10.1 Å². The van der Waals surface area contributed by atoms with E-state index in [2.05, 4.69) is 6.92 Å². The minimum atomic E-state index is -0.428. The summed E-state index contributed by atoms with van der Waals surface area (Å²) in [4.78, 5) is 22.2. The molecule has 0 aliphatic heterocycles. The molecular formula is C14H15NO3. The molecule has 0 N–H and O–H groups in total. The van der Waals surface area contributed by atoms with E-state index in [1.165, 1.54) is 12.1 Å². The molecule has 0 radical (unpaired) electrons. The highest BCUT2D eigenvalue weighted by Gasteiger charge is 2.24. The van der Waals surface area contributed by atoms with E-state index in [0.29, 0.717) is 17.6 Å². The standard InChI is InChI=1S/C14H15NO3/c1-2-4-10-7-8-13(16)14(10)11-5-3-6-12(9-11)15(17)18/h3,5-6,9H,2,4,7-8H2,1H3. The van der Waals surface area contributed by atoms with E-state index in [0.717, 1.165) is 24.8 Å². The molecule has 1 aromatic carbocycles. The highest BCUT2D eigenvalue weighted by molar-refractivity contribution is 6.23. The Bertz CT molecular complexity index is 532. The molecular weight excluding hydrogens is 230 g/mol. The van der Waals surface area contributed by atoms with Crippen LogP contribution in [0.3, 0.4) is 0 Å². The van der Waals surface area contributed by atoms with Gasteiger partial charge < -0.3 is 0 Å². The van der Waals surface area contributed by atoms with Crippen molar-refractivity contribution in [1.29, 1.82) is 0 Å². The number of nitro groups is 1. The summed E-state index contributed by atoms with van der Waals surface area (Å²) < 4.78 is 0. The van der Waals surface area contributed by atoms with E-state index in [1.807, 2.05) is 0 Å². The molecule has 0 atom stereocenters. The topological polar surface area (TPSA) is 60.2 Å². The summed E-state index contributed by atoms with van der Waals surface area (Å²) in [6.07, 6.45) is 3.21. The molecule has 0 saturated heterocycles. The molecule has 0 aromatic heterocycles. The Labute approximate surface area is 105 Å². The van der Waals surface area contributed by atoms with Crippen LogP contribution >= 0.6 is 0 Å². The number of ketones is 1. The zero-order valence-electron chi connectivity index (χ0n) is 10.3. The van der Waals surface area contributed by atoms with Crippen LogP contribution in [0.4, 0.5) is 5.69 Å². The Balaban J connectivity index is 2.45. The van der Waals surface area contributed by atoms with Gasteiger partial charge in [0, 0.05) is 24.1 Å². The van der Waals surface area contributed by atoms with Gasteiger partial charge in [0.2, 0.25) is 0 Å². The van der Waals surface area contributed by atoms with Crippen LogP contribution in [-0.4, -0.2) is 10.7 Å². The maximum Gasteiger partial charge on any atom is 0.270 e. The molecule has 4 nitrogen and oxygen atoms in total. The fourth-order valence-corrected chi connectivity index (χ4v) is 2.40. The number of Topliss-reactive ketones (excluding diaryl/α,β-unsaturated/α-hetero) is 1. The van der Waals surface area contributed by atoms with Gasteiger partial charge in [-0.1, -0.05) is 31.1 Å². The lowest BCUT2D eigenvalue weighted by atomic mass is 9.98. The van der Waals surface area contributed by atoms with E-state index in [9.17, 15) is 14.9 Å². The Morgan fingerprint density at radius 1 is 1.33 bits per heavy atom. The van der Waals surface area contributed by atoms with Crippen molar-refractivity contribution in [2.45, 2.75) is 32.6 Å². The average molecular weight is 245 g/mol. The number of rotatable bonds is 4. The van der Waals surface area contributed by atoms with Gasteiger partial charge >= 0.3 is 0 Å². The van der Waals surface area contributed by atoms with Crippen molar-refractivity contribution in [2.75, 3.05) is 0 Å². The molecule has 0 heterocycles. The first-order valence-corrected chi connectivity index (χ1v) is 6.13. The molecule has 0 saturated carbocycles. The smallest absolute Gasteiger partial charge is 0.270 e. The molecule has 0 bridgehead atoms. The lowest BCUT2D eigenvalue weighted by Gasteiger charge is -2.05. The second-order valence-electron chi connectivity index (χ2n) is 4.46. The van der Waals surface area contributed by atoms with Crippen LogP contribution in [0.15, 0.2) is 29.8 Å². The molecule has 0 spiro atoms. The van der Waals surface area contributed by atoms with Gasteiger partial charge in [-0.15, -0.1) is 0 Å². The van der Waals surface area contributed by atoms with Gasteiger partial charge in [0.05, 0.1) is 4.92 Å². The van der Waals surface area contributed by atoms with E-state index >= 15 is 0 Å². The Hall–Kier alpha value is -1.97. The SMILES string of the molecule is CCCC1=C(c2cccc([N+](=O)[O-])c2)C(=O)CC1. The summed E-state index contributed by atoms with van der Waals surface area (Å²) in [5.41, 5.74) is 2.58. The van der Waals surface area contributed by atoms with Gasteiger partial charge in [-0.05, 0) is 18.4 Å². The third-order valence-electron chi connectivity index (χ3n) is 3.18. The van der Waals surface area contributed by atoms with Gasteiger partial charge in [0.1, 0.15) is 0 Å². The minimum Gasteiger partial charge on any atom is -0.294 e. The van der Waals surface area contributed by atoms with Crippen molar-refractivity contribution in [1.82, 2.24) is 0 Å². The van der Waals surface area contributed by atoms with E-state index in [-0.39, 0.29) is 11.5 Å². The fraction of sp³-hybridized carbons (Fsp3) is 0.357. The van der Waals surface area contributed by atoms with Gasteiger partial charge in [0.15, 0.2) is 5.78 Å². The number of carbonyl (C=O) groups is 1. The number of nitrogens with zero attached hydrogens (tertiary/aromatic N) is 1. The Morgan fingerprint density at radius 2 is 2.11 bits per heavy atom. The normalized spacial score (nSPS) is 15.3. The van der Waals surface area contributed by atoms with Crippen molar-refractivity contribution in [3.63, 3.8) is 0 Å². The summed E-state index contributed by atoms with van der Waals surface area (Å²) >= 11 is 0. The van der Waals surface area contributed by atoms with Gasteiger partial charge in [-0.2, -0.15) is 0 Å². The number of hydrogen-bond acceptors (Lipinski definition) is 3. The highest BCUT2D eigenvalue weighted by Crippen LogP contribution is 2.34. The average Bonchev–Trinajstić information content (AvgIpc) is 2.71. The van der Waals surface area contributed by atoms with Crippen LogP contribution in [0.25, 0.3) is 5.57 Å². The molecule has 1 aromatic rings. The minimum absolute atomic E-state index is 0.0375. The number of carbonyl (C=O) groups excluding carboxylic acids is 1. The number of allylic oxidation sites excluding steroid dienone is 2. The van der Waals surface area contributed by atoms with Crippen molar-refractivity contribution in [3.05, 3.63) is 45.5 Å². The first-order chi connectivity index (χ1) is 8.63. The first kappa shape index (κ1) is 12.5. The molecule has 94 valence electrons. The lowest BCUT2D eigenvalue weighted by molar-refractivity contribution is -0.384. The van der Waals surface area contributed by atoms with Crippen molar-refractivity contribution >= 4 is 17.0 Å². The molecule has 1 aliphatic carbocycles. The molecule has 0 unspecified atom stereocenters. The second kappa shape index (κ2) is 5.12. The first-order valence-electron chi connectivity index (χ1n) is 6.13. The third kappa shape index (κ3) is 2.32. The Kier molecular flexibility index (Phi) is 3.55. The molecule has 4 heteroatoms. The highest BCUT2D eigenvalue weighted by atomic mass is 16.6. The number of non-ortho nitro benzene ring substituents is 1. The number of benzene rings is 1. The summed E-state index contributed by atoms with van der Waals surface area (Å²) in [6.45, 7) is 2.07. The number of hydrogen-bond donors (Lipinski definition) is 0. The number of nitro benzene ring substituents is 1. The van der Waals surface area contributed by atoms with Crippen LogP contribution in [0.5, 0.6) is 0 Å². The quantitative estimate of drug-likeness (QED) is 0.602. The van der Waals surface area contributed by atoms with Gasteiger partial charge in [0.25, 0.3) is 5.69 Å².